The molecule has 2 amide bonds. The fourth-order valence-corrected chi connectivity index (χ4v) is 8.35. The summed E-state index contributed by atoms with van der Waals surface area (Å²) in [6.07, 6.45) is 7.07. The van der Waals surface area contributed by atoms with E-state index in [0.717, 1.165) is 35.4 Å². The number of amides is 2. The molecule has 5 nitrogen and oxygen atoms in total. The molecule has 2 aromatic rings. The van der Waals surface area contributed by atoms with Gasteiger partial charge in [-0.05, 0) is 105 Å². The van der Waals surface area contributed by atoms with E-state index in [9.17, 15) is 9.59 Å². The zero-order valence-electron chi connectivity index (χ0n) is 17.6. The summed E-state index contributed by atoms with van der Waals surface area (Å²) in [5.74, 6) is 1.52. The van der Waals surface area contributed by atoms with Gasteiger partial charge in [-0.3, -0.25) is 9.59 Å². The molecule has 2 aromatic carbocycles. The van der Waals surface area contributed by atoms with Crippen molar-refractivity contribution in [2.75, 3.05) is 0 Å². The van der Waals surface area contributed by atoms with Crippen LogP contribution in [0, 0.1) is 42.6 Å². The second-order valence-corrected chi connectivity index (χ2v) is 12.4. The van der Waals surface area contributed by atoms with Crippen molar-refractivity contribution in [2.24, 2.45) is 40.6 Å². The quantitative estimate of drug-likeness (QED) is 0.161. The highest BCUT2D eigenvalue weighted by atomic mass is 127. The Morgan fingerprint density at radius 3 is 2.21 bits per heavy atom. The van der Waals surface area contributed by atoms with Crippen molar-refractivity contribution in [1.29, 1.82) is 0 Å². The fourth-order valence-electron chi connectivity index (χ4n) is 5.76. The fraction of sp³-hybridized carbons (Fsp3) is 0.320. The monoisotopic (exact) mass is 718 g/mol. The number of carbonyl (C=O) groups is 2. The summed E-state index contributed by atoms with van der Waals surface area (Å²) in [6, 6.07) is 9.16. The number of hydrogen-bond acceptors (Lipinski definition) is 4. The highest BCUT2D eigenvalue weighted by Crippen LogP contribution is 2.65. The van der Waals surface area contributed by atoms with E-state index >= 15 is 0 Å². The van der Waals surface area contributed by atoms with Crippen LogP contribution in [0.5, 0.6) is 5.75 Å². The van der Waals surface area contributed by atoms with Crippen LogP contribution in [-0.2, 0) is 16.2 Å². The van der Waals surface area contributed by atoms with Gasteiger partial charge in [-0.25, -0.2) is 0 Å². The van der Waals surface area contributed by atoms with E-state index in [1.165, 1.54) is 0 Å². The maximum atomic E-state index is 13.1. The Morgan fingerprint density at radius 2 is 1.62 bits per heavy atom. The van der Waals surface area contributed by atoms with Crippen LogP contribution in [0.25, 0.3) is 0 Å². The Morgan fingerprint density at radius 1 is 1.00 bits per heavy atom. The third-order valence-corrected chi connectivity index (χ3v) is 9.56. The first kappa shape index (κ1) is 23.2. The first-order chi connectivity index (χ1) is 16.3. The maximum Gasteiger partial charge on any atom is 0.254 e. The topological polar surface area (TPSA) is 59.0 Å². The first-order valence-corrected chi connectivity index (χ1v) is 13.9. The lowest BCUT2D eigenvalue weighted by Crippen LogP contribution is -2.40. The lowest BCUT2D eigenvalue weighted by molar-refractivity contribution is -0.140. The summed E-state index contributed by atoms with van der Waals surface area (Å²) in [5.41, 5.74) is 1.64. The molecule has 0 unspecified atom stereocenters. The van der Waals surface area contributed by atoms with Crippen LogP contribution in [0.3, 0.4) is 0 Å². The summed E-state index contributed by atoms with van der Waals surface area (Å²) >= 11 is 16.6. The van der Waals surface area contributed by atoms with Crippen LogP contribution in [0.1, 0.15) is 17.5 Å². The van der Waals surface area contributed by atoms with Gasteiger partial charge in [0.1, 0.15) is 12.4 Å². The van der Waals surface area contributed by atoms with Crippen LogP contribution < -0.4 is 4.74 Å². The number of nitrogens with zero attached hydrogens (tertiary/aromatic N) is 2. The minimum absolute atomic E-state index is 0.153. The Bertz CT molecular complexity index is 1240. The molecule has 2 bridgehead atoms. The predicted molar refractivity (Wildman–Crippen MR) is 147 cm³/mol. The largest absolute Gasteiger partial charge is 0.487 e. The van der Waals surface area contributed by atoms with E-state index < -0.39 is 0 Å². The molecule has 3 fully saturated rings. The first-order valence-electron chi connectivity index (χ1n) is 11.0. The molecule has 0 radical (unpaired) electrons. The highest BCUT2D eigenvalue weighted by Gasteiger charge is 2.67. The predicted octanol–water partition coefficient (Wildman–Crippen LogP) is 6.17. The SMILES string of the molecule is O=C1[C@@H]2[C@H]3C=C[C@@H]([C@@H]4C[C@@H]34)[C@@H]2C(=O)N1N=Cc1cc(I)c(OCc2ccc(Cl)cc2Cl)c(I)c1. The normalized spacial score (nSPS) is 30.8. The van der Waals surface area contributed by atoms with E-state index in [0.29, 0.717) is 28.5 Å². The molecule has 7 rings (SSSR count). The number of rotatable bonds is 5. The number of halogens is 4. The highest BCUT2D eigenvalue weighted by molar-refractivity contribution is 14.1. The molecule has 34 heavy (non-hydrogen) atoms. The van der Waals surface area contributed by atoms with Gasteiger partial charge >= 0.3 is 0 Å². The number of allylic oxidation sites excluding steroid dienone is 2. The summed E-state index contributed by atoms with van der Waals surface area (Å²) in [6.45, 7) is 0.313. The molecule has 0 N–H and O–H groups in total. The lowest BCUT2D eigenvalue weighted by atomic mass is 9.63. The average molecular weight is 719 g/mol. The van der Waals surface area contributed by atoms with Gasteiger partial charge in [0.2, 0.25) is 0 Å². The molecule has 6 atom stereocenters. The van der Waals surface area contributed by atoms with E-state index in [1.807, 2.05) is 18.2 Å². The van der Waals surface area contributed by atoms with Crippen LogP contribution in [0.15, 0.2) is 47.6 Å². The van der Waals surface area contributed by atoms with Gasteiger partial charge in [-0.1, -0.05) is 41.4 Å². The molecular weight excluding hydrogens is 701 g/mol. The number of benzene rings is 2. The van der Waals surface area contributed by atoms with Gasteiger partial charge in [0, 0.05) is 15.6 Å². The summed E-state index contributed by atoms with van der Waals surface area (Å²) in [7, 11) is 0. The third-order valence-electron chi connectivity index (χ3n) is 7.37. The molecule has 2 saturated carbocycles. The molecule has 0 aromatic heterocycles. The number of imide groups is 1. The standard InChI is InChI=1S/C25H18Cl2I2N2O3/c26-13-2-1-12(18(27)7-13)10-34-23-19(28)5-11(6-20(23)29)9-30-31-24(32)21-14-3-4-15(17-8-16(14)17)22(21)25(31)33/h1-7,9,14-17,21-22H,8,10H2/t14-,15-,16-,17-,21-,22+/m0/s1. The van der Waals surface area contributed by atoms with E-state index in [1.54, 1.807) is 18.3 Å². The third kappa shape index (κ3) is 3.81. The Labute approximate surface area is 234 Å². The Hall–Kier alpha value is -1.17. The van der Waals surface area contributed by atoms with Crippen molar-refractivity contribution >= 4 is 86.4 Å². The van der Waals surface area contributed by atoms with Gasteiger partial charge < -0.3 is 4.74 Å². The van der Waals surface area contributed by atoms with Gasteiger partial charge in [0.15, 0.2) is 0 Å². The zero-order valence-corrected chi connectivity index (χ0v) is 23.5. The maximum absolute atomic E-state index is 13.1. The summed E-state index contributed by atoms with van der Waals surface area (Å²) < 4.78 is 7.83. The van der Waals surface area contributed by atoms with Crippen molar-refractivity contribution in [2.45, 2.75) is 13.0 Å². The van der Waals surface area contributed by atoms with Crippen molar-refractivity contribution in [1.82, 2.24) is 5.01 Å². The molecule has 5 aliphatic rings. The molecule has 4 aliphatic carbocycles. The number of ether oxygens (including phenoxy) is 1. The molecule has 1 saturated heterocycles. The molecule has 0 spiro atoms. The molecule has 174 valence electrons. The van der Waals surface area contributed by atoms with Crippen molar-refractivity contribution < 1.29 is 14.3 Å². The zero-order chi connectivity index (χ0) is 23.7. The van der Waals surface area contributed by atoms with Gasteiger partial charge in [-0.15, -0.1) is 0 Å². The van der Waals surface area contributed by atoms with Crippen molar-refractivity contribution in [3.63, 3.8) is 0 Å². The van der Waals surface area contributed by atoms with Crippen LogP contribution in [0.4, 0.5) is 0 Å². The van der Waals surface area contributed by atoms with Gasteiger partial charge in [-0.2, -0.15) is 10.1 Å². The second kappa shape index (κ2) is 8.74. The minimum Gasteiger partial charge on any atom is -0.487 e. The summed E-state index contributed by atoms with van der Waals surface area (Å²) in [5, 5.41) is 6.59. The van der Waals surface area contributed by atoms with E-state index in [2.05, 4.69) is 62.4 Å². The average Bonchev–Trinajstić information content (AvgIpc) is 3.57. The Balaban J connectivity index is 1.18. The molecule has 9 heteroatoms. The van der Waals surface area contributed by atoms with Gasteiger partial charge in [0.05, 0.1) is 25.2 Å². The van der Waals surface area contributed by atoms with Crippen LogP contribution >= 0.6 is 68.4 Å². The number of carbonyl (C=O) groups excluding carboxylic acids is 2. The van der Waals surface area contributed by atoms with Crippen molar-refractivity contribution in [3.8, 4) is 5.75 Å². The van der Waals surface area contributed by atoms with Crippen LogP contribution in [0.2, 0.25) is 10.0 Å². The van der Waals surface area contributed by atoms with Crippen molar-refractivity contribution in [3.05, 3.63) is 70.8 Å². The van der Waals surface area contributed by atoms with E-state index in [4.69, 9.17) is 27.9 Å². The molecule has 1 heterocycles. The van der Waals surface area contributed by atoms with Gasteiger partial charge in [0.25, 0.3) is 11.8 Å². The lowest BCUT2D eigenvalue weighted by Gasteiger charge is -2.37. The second-order valence-electron chi connectivity index (χ2n) is 9.23. The number of hydrazone groups is 1. The van der Waals surface area contributed by atoms with E-state index in [-0.39, 0.29) is 35.5 Å². The minimum atomic E-state index is -0.237. The Kier molecular flexibility index (Phi) is 5.98. The smallest absolute Gasteiger partial charge is 0.254 e. The molecule has 1 aliphatic heterocycles. The molecular formula is C25H18Cl2I2N2O3. The summed E-state index contributed by atoms with van der Waals surface area (Å²) in [4.78, 5) is 26.2. The number of hydrogen-bond donors (Lipinski definition) is 0. The van der Waals surface area contributed by atoms with Crippen LogP contribution in [-0.4, -0.2) is 23.0 Å².